The van der Waals surface area contributed by atoms with Gasteiger partial charge in [-0.25, -0.2) is 0 Å². The van der Waals surface area contributed by atoms with Crippen LogP contribution in [-0.4, -0.2) is 20.3 Å². The molecule has 1 fully saturated rings. The lowest BCUT2D eigenvalue weighted by molar-refractivity contribution is 0.206. The molecule has 2 rings (SSSR count). The summed E-state index contributed by atoms with van der Waals surface area (Å²) in [5.74, 6) is 3.17. The van der Waals surface area contributed by atoms with Gasteiger partial charge in [-0.15, -0.1) is 0 Å². The molecule has 1 aliphatic carbocycles. The van der Waals surface area contributed by atoms with Gasteiger partial charge in [0.15, 0.2) is 11.5 Å². The average Bonchev–Trinajstić information content (AvgIpc) is 2.48. The van der Waals surface area contributed by atoms with E-state index in [1.54, 1.807) is 14.2 Å². The number of methoxy groups -OCH3 is 2. The van der Waals surface area contributed by atoms with Gasteiger partial charge in [0, 0.05) is 12.6 Å². The van der Waals surface area contributed by atoms with Gasteiger partial charge >= 0.3 is 0 Å². The summed E-state index contributed by atoms with van der Waals surface area (Å²) in [6.07, 6.45) is 4.00. The van der Waals surface area contributed by atoms with E-state index in [0.29, 0.717) is 6.04 Å². The number of hydrogen-bond acceptors (Lipinski definition) is 3. The molecule has 0 radical (unpaired) electrons. The average molecular weight is 277 g/mol. The highest BCUT2D eigenvalue weighted by atomic mass is 16.5. The third-order valence-corrected chi connectivity index (χ3v) is 4.72. The third-order valence-electron chi connectivity index (χ3n) is 4.72. The largest absolute Gasteiger partial charge is 0.493 e. The Morgan fingerprint density at radius 1 is 1.10 bits per heavy atom. The highest BCUT2D eigenvalue weighted by molar-refractivity contribution is 5.42. The third kappa shape index (κ3) is 3.45. The lowest BCUT2D eigenvalue weighted by Gasteiger charge is -2.34. The number of nitrogens with one attached hydrogen (secondary N) is 1. The lowest BCUT2D eigenvalue weighted by atomic mass is 9.78. The highest BCUT2D eigenvalue weighted by Crippen LogP contribution is 2.30. The second-order valence-corrected chi connectivity index (χ2v) is 5.94. The SMILES string of the molecule is COc1ccc(CN[C@H]2CCC[C@@H](C)[C@H]2C)cc1OC. The Labute approximate surface area is 122 Å². The normalized spacial score (nSPS) is 26.3. The van der Waals surface area contributed by atoms with E-state index in [0.717, 1.165) is 29.9 Å². The molecule has 0 unspecified atom stereocenters. The second kappa shape index (κ2) is 6.98. The molecular formula is C17H27NO2. The predicted octanol–water partition coefficient (Wildman–Crippen LogP) is 3.62. The Balaban J connectivity index is 1.96. The summed E-state index contributed by atoms with van der Waals surface area (Å²) in [7, 11) is 3.35. The van der Waals surface area contributed by atoms with Crippen molar-refractivity contribution in [1.82, 2.24) is 5.32 Å². The molecule has 3 heteroatoms. The summed E-state index contributed by atoms with van der Waals surface area (Å²) in [4.78, 5) is 0. The standard InChI is InChI=1S/C17H27NO2/c1-12-6-5-7-15(13(12)2)18-11-14-8-9-16(19-3)17(10-14)20-4/h8-10,12-13,15,18H,5-7,11H2,1-4H3/t12-,13-,15+/m1/s1. The molecule has 1 aliphatic rings. The zero-order valence-corrected chi connectivity index (χ0v) is 13.1. The summed E-state index contributed by atoms with van der Waals surface area (Å²) in [6, 6.07) is 6.77. The van der Waals surface area contributed by atoms with E-state index in [9.17, 15) is 0 Å². The van der Waals surface area contributed by atoms with E-state index >= 15 is 0 Å². The minimum atomic E-state index is 0.631. The van der Waals surface area contributed by atoms with Crippen molar-refractivity contribution in [3.63, 3.8) is 0 Å². The molecule has 112 valence electrons. The molecule has 0 spiro atoms. The lowest BCUT2D eigenvalue weighted by Crippen LogP contribution is -2.40. The van der Waals surface area contributed by atoms with Crippen LogP contribution in [0.15, 0.2) is 18.2 Å². The van der Waals surface area contributed by atoms with Crippen LogP contribution in [0.3, 0.4) is 0 Å². The number of rotatable bonds is 5. The molecule has 20 heavy (non-hydrogen) atoms. The zero-order chi connectivity index (χ0) is 14.5. The molecule has 0 amide bonds. The Kier molecular flexibility index (Phi) is 5.30. The van der Waals surface area contributed by atoms with Gasteiger partial charge in [0.1, 0.15) is 0 Å². The molecule has 1 N–H and O–H groups in total. The zero-order valence-electron chi connectivity index (χ0n) is 13.1. The smallest absolute Gasteiger partial charge is 0.161 e. The number of hydrogen-bond donors (Lipinski definition) is 1. The minimum Gasteiger partial charge on any atom is -0.493 e. The Morgan fingerprint density at radius 3 is 2.55 bits per heavy atom. The van der Waals surface area contributed by atoms with E-state index in [2.05, 4.69) is 31.3 Å². The molecule has 0 bridgehead atoms. The molecule has 0 saturated heterocycles. The first-order valence-corrected chi connectivity index (χ1v) is 7.60. The molecule has 0 aliphatic heterocycles. The fraction of sp³-hybridized carbons (Fsp3) is 0.647. The second-order valence-electron chi connectivity index (χ2n) is 5.94. The first-order chi connectivity index (χ1) is 9.65. The quantitative estimate of drug-likeness (QED) is 0.891. The summed E-state index contributed by atoms with van der Waals surface area (Å²) < 4.78 is 10.6. The molecule has 0 heterocycles. The molecule has 3 atom stereocenters. The van der Waals surface area contributed by atoms with Crippen molar-refractivity contribution in [2.75, 3.05) is 14.2 Å². The van der Waals surface area contributed by atoms with Crippen LogP contribution < -0.4 is 14.8 Å². The van der Waals surface area contributed by atoms with Crippen LogP contribution in [0.25, 0.3) is 0 Å². The predicted molar refractivity (Wildman–Crippen MR) is 82.4 cm³/mol. The van der Waals surface area contributed by atoms with E-state index in [4.69, 9.17) is 9.47 Å². The summed E-state index contributed by atoms with van der Waals surface area (Å²) in [5.41, 5.74) is 1.24. The maximum Gasteiger partial charge on any atom is 0.161 e. The van der Waals surface area contributed by atoms with Crippen molar-refractivity contribution in [2.45, 2.75) is 45.7 Å². The number of ether oxygens (including phenoxy) is 2. The maximum absolute atomic E-state index is 5.35. The summed E-state index contributed by atoms with van der Waals surface area (Å²) in [6.45, 7) is 5.63. The maximum atomic E-state index is 5.35. The summed E-state index contributed by atoms with van der Waals surface area (Å²) in [5, 5.41) is 3.71. The molecular weight excluding hydrogens is 250 g/mol. The van der Waals surface area contributed by atoms with Crippen molar-refractivity contribution >= 4 is 0 Å². The van der Waals surface area contributed by atoms with Crippen LogP contribution in [0.4, 0.5) is 0 Å². The van der Waals surface area contributed by atoms with Crippen LogP contribution in [0.2, 0.25) is 0 Å². The molecule has 3 nitrogen and oxygen atoms in total. The van der Waals surface area contributed by atoms with Crippen molar-refractivity contribution in [2.24, 2.45) is 11.8 Å². The van der Waals surface area contributed by atoms with Gasteiger partial charge in [-0.1, -0.05) is 32.8 Å². The van der Waals surface area contributed by atoms with Crippen LogP contribution in [-0.2, 0) is 6.54 Å². The Bertz CT molecular complexity index is 433. The van der Waals surface area contributed by atoms with Gasteiger partial charge in [-0.05, 0) is 36.0 Å². The molecule has 1 aromatic carbocycles. The van der Waals surface area contributed by atoms with Crippen molar-refractivity contribution in [1.29, 1.82) is 0 Å². The fourth-order valence-corrected chi connectivity index (χ4v) is 3.11. The highest BCUT2D eigenvalue weighted by Gasteiger charge is 2.26. The van der Waals surface area contributed by atoms with E-state index in [1.807, 2.05) is 6.07 Å². The van der Waals surface area contributed by atoms with Crippen LogP contribution >= 0.6 is 0 Å². The van der Waals surface area contributed by atoms with Crippen molar-refractivity contribution in [3.8, 4) is 11.5 Å². The number of benzene rings is 1. The van der Waals surface area contributed by atoms with Gasteiger partial charge in [0.05, 0.1) is 14.2 Å². The Morgan fingerprint density at radius 2 is 1.85 bits per heavy atom. The van der Waals surface area contributed by atoms with Gasteiger partial charge in [0.2, 0.25) is 0 Å². The molecule has 1 saturated carbocycles. The molecule has 1 aromatic rings. The Hall–Kier alpha value is -1.22. The van der Waals surface area contributed by atoms with E-state index < -0.39 is 0 Å². The fourth-order valence-electron chi connectivity index (χ4n) is 3.11. The van der Waals surface area contributed by atoms with Crippen LogP contribution in [0, 0.1) is 11.8 Å². The van der Waals surface area contributed by atoms with Gasteiger partial charge < -0.3 is 14.8 Å². The monoisotopic (exact) mass is 277 g/mol. The van der Waals surface area contributed by atoms with Crippen LogP contribution in [0.5, 0.6) is 11.5 Å². The van der Waals surface area contributed by atoms with Gasteiger partial charge in [-0.2, -0.15) is 0 Å². The minimum absolute atomic E-state index is 0.631. The van der Waals surface area contributed by atoms with Crippen molar-refractivity contribution in [3.05, 3.63) is 23.8 Å². The molecule has 0 aromatic heterocycles. The van der Waals surface area contributed by atoms with Crippen molar-refractivity contribution < 1.29 is 9.47 Å². The topological polar surface area (TPSA) is 30.5 Å². The van der Waals surface area contributed by atoms with Gasteiger partial charge in [-0.3, -0.25) is 0 Å². The van der Waals surface area contributed by atoms with E-state index in [-0.39, 0.29) is 0 Å². The van der Waals surface area contributed by atoms with E-state index in [1.165, 1.54) is 24.8 Å². The van der Waals surface area contributed by atoms with Gasteiger partial charge in [0.25, 0.3) is 0 Å². The first-order valence-electron chi connectivity index (χ1n) is 7.60. The van der Waals surface area contributed by atoms with Crippen LogP contribution in [0.1, 0.15) is 38.7 Å². The summed E-state index contributed by atoms with van der Waals surface area (Å²) >= 11 is 0. The first kappa shape index (κ1) is 15.2.